The summed E-state index contributed by atoms with van der Waals surface area (Å²) in [4.78, 5) is 52.5. The van der Waals surface area contributed by atoms with Crippen LogP contribution in [0.5, 0.6) is 5.75 Å². The fraction of sp³-hybridized carbons (Fsp3) is 0.484. The van der Waals surface area contributed by atoms with E-state index in [1.165, 1.54) is 4.90 Å². The number of carbonyl (C=O) groups excluding carboxylic acids is 4. The molecule has 10 heteroatoms. The predicted molar refractivity (Wildman–Crippen MR) is 153 cm³/mol. The highest BCUT2D eigenvalue weighted by Crippen LogP contribution is 2.42. The van der Waals surface area contributed by atoms with Crippen molar-refractivity contribution in [3.05, 3.63) is 52.6 Å². The maximum atomic E-state index is 13.0. The summed E-state index contributed by atoms with van der Waals surface area (Å²) in [5.41, 5.74) is 3.97. The van der Waals surface area contributed by atoms with Crippen LogP contribution in [0.3, 0.4) is 0 Å². The molecule has 1 fully saturated rings. The Bertz CT molecular complexity index is 1400. The van der Waals surface area contributed by atoms with Crippen molar-refractivity contribution in [1.82, 2.24) is 4.90 Å². The Balaban J connectivity index is 1.27. The van der Waals surface area contributed by atoms with Gasteiger partial charge in [-0.3, -0.25) is 14.5 Å². The summed E-state index contributed by atoms with van der Waals surface area (Å²) in [7, 11) is 0. The molecule has 1 aliphatic carbocycles. The second kappa shape index (κ2) is 11.6. The molecule has 9 nitrogen and oxygen atoms in total. The molecule has 218 valence electrons. The number of ether oxygens (including phenoxy) is 3. The van der Waals surface area contributed by atoms with Crippen LogP contribution in [0.4, 0.5) is 4.79 Å². The van der Waals surface area contributed by atoms with E-state index < -0.39 is 30.3 Å². The molecular weight excluding hydrogens is 594 g/mol. The molecule has 0 radical (unpaired) electrons. The Kier molecular flexibility index (Phi) is 8.25. The van der Waals surface area contributed by atoms with Crippen LogP contribution in [-0.4, -0.2) is 69.9 Å². The molecule has 2 heterocycles. The van der Waals surface area contributed by atoms with Crippen LogP contribution in [-0.2, 0) is 27.3 Å². The van der Waals surface area contributed by atoms with Gasteiger partial charge in [-0.15, -0.1) is 0 Å². The standard InChI is InChI=1S/C31H34BrNO8/c1-31(2,3)41-30(38)33-14-17(8-9-34)10-25(33)29(37)40-16-26(35)19-4-6-21-20(11-19)15-39-27-13-22-18(12-23(21)27)5-7-24(32)28(22)36/h4,6,11-13,17,24-25,34H,5,7-10,14-16H2,1-3H3/t17-,24?,25-/m0/s1. The first kappa shape index (κ1) is 29.3. The van der Waals surface area contributed by atoms with E-state index in [1.54, 1.807) is 32.9 Å². The molecule has 0 aromatic heterocycles. The SMILES string of the molecule is CC(C)(C)OC(=O)N1C[C@@H](CCO)C[C@H]1C(=O)OCC(=O)c1ccc2c(c1)COc1cc3c(cc1-2)CCC(Br)C3=O. The van der Waals surface area contributed by atoms with Crippen molar-refractivity contribution in [2.75, 3.05) is 19.8 Å². The van der Waals surface area contributed by atoms with Gasteiger partial charge in [-0.05, 0) is 87.3 Å². The number of amides is 1. The largest absolute Gasteiger partial charge is 0.488 e. The van der Waals surface area contributed by atoms with Gasteiger partial charge in [-0.2, -0.15) is 0 Å². The van der Waals surface area contributed by atoms with Gasteiger partial charge in [0.05, 0.1) is 4.83 Å². The lowest BCUT2D eigenvalue weighted by molar-refractivity contribution is -0.147. The number of esters is 1. The monoisotopic (exact) mass is 627 g/mol. The highest BCUT2D eigenvalue weighted by atomic mass is 79.9. The number of hydrogen-bond donors (Lipinski definition) is 1. The minimum Gasteiger partial charge on any atom is -0.488 e. The van der Waals surface area contributed by atoms with Gasteiger partial charge in [-0.1, -0.05) is 28.1 Å². The van der Waals surface area contributed by atoms with Gasteiger partial charge in [0.15, 0.2) is 18.2 Å². The van der Waals surface area contributed by atoms with Crippen LogP contribution in [0.25, 0.3) is 11.1 Å². The average molecular weight is 629 g/mol. The first-order valence-corrected chi connectivity index (χ1v) is 14.8. The third kappa shape index (κ3) is 6.18. The first-order valence-electron chi connectivity index (χ1n) is 13.9. The van der Waals surface area contributed by atoms with E-state index in [1.807, 2.05) is 18.2 Å². The smallest absolute Gasteiger partial charge is 0.411 e. The highest BCUT2D eigenvalue weighted by Gasteiger charge is 2.42. The molecular formula is C31H34BrNO8. The first-order chi connectivity index (χ1) is 19.4. The molecule has 2 aromatic rings. The van der Waals surface area contributed by atoms with E-state index in [9.17, 15) is 24.3 Å². The second-order valence-electron chi connectivity index (χ2n) is 11.8. The van der Waals surface area contributed by atoms with E-state index in [-0.39, 0.29) is 42.1 Å². The third-order valence-corrected chi connectivity index (χ3v) is 8.57. The van der Waals surface area contributed by atoms with Gasteiger partial charge < -0.3 is 19.3 Å². The molecule has 0 bridgehead atoms. The molecule has 1 saturated heterocycles. The molecule has 1 amide bonds. The number of aliphatic hydroxyl groups is 1. The number of aliphatic hydroxyl groups excluding tert-OH is 1. The Morgan fingerprint density at radius 3 is 2.61 bits per heavy atom. The van der Waals surface area contributed by atoms with Crippen LogP contribution in [0.1, 0.15) is 71.9 Å². The molecule has 2 aromatic carbocycles. The summed E-state index contributed by atoms with van der Waals surface area (Å²) in [5.74, 6) is -0.418. The lowest BCUT2D eigenvalue weighted by Gasteiger charge is -2.27. The Morgan fingerprint density at radius 2 is 1.88 bits per heavy atom. The quantitative estimate of drug-likeness (QED) is 0.274. The zero-order valence-corrected chi connectivity index (χ0v) is 25.0. The van der Waals surface area contributed by atoms with E-state index >= 15 is 0 Å². The maximum Gasteiger partial charge on any atom is 0.411 e. The number of rotatable bonds is 6. The van der Waals surface area contributed by atoms with E-state index in [4.69, 9.17) is 14.2 Å². The molecule has 1 unspecified atom stereocenters. The van der Waals surface area contributed by atoms with E-state index in [0.29, 0.717) is 29.7 Å². The number of ketones is 2. The molecule has 5 rings (SSSR count). The van der Waals surface area contributed by atoms with Crippen molar-refractivity contribution in [2.45, 2.75) is 69.5 Å². The van der Waals surface area contributed by atoms with Gasteiger partial charge in [-0.25, -0.2) is 9.59 Å². The number of benzene rings is 2. The number of carbonyl (C=O) groups is 4. The van der Waals surface area contributed by atoms with Gasteiger partial charge in [0.2, 0.25) is 0 Å². The van der Waals surface area contributed by atoms with Gasteiger partial charge in [0.1, 0.15) is 24.0 Å². The summed E-state index contributed by atoms with van der Waals surface area (Å²) in [6, 6.07) is 8.23. The summed E-state index contributed by atoms with van der Waals surface area (Å²) in [6.45, 7) is 5.21. The molecule has 41 heavy (non-hydrogen) atoms. The highest BCUT2D eigenvalue weighted by molar-refractivity contribution is 9.10. The van der Waals surface area contributed by atoms with E-state index in [2.05, 4.69) is 15.9 Å². The number of halogens is 1. The van der Waals surface area contributed by atoms with Gasteiger partial charge in [0, 0.05) is 29.8 Å². The number of hydrogen-bond acceptors (Lipinski definition) is 8. The van der Waals surface area contributed by atoms with Crippen molar-refractivity contribution in [2.24, 2.45) is 5.92 Å². The number of aryl methyl sites for hydroxylation is 1. The average Bonchev–Trinajstić information content (AvgIpc) is 3.36. The maximum absolute atomic E-state index is 13.0. The van der Waals surface area contributed by atoms with Crippen molar-refractivity contribution in [1.29, 1.82) is 0 Å². The Labute approximate surface area is 247 Å². The minimum atomic E-state index is -0.889. The van der Waals surface area contributed by atoms with Gasteiger partial charge in [0.25, 0.3) is 0 Å². The molecule has 0 saturated carbocycles. The fourth-order valence-corrected chi connectivity index (χ4v) is 6.13. The molecule has 3 atom stereocenters. The summed E-state index contributed by atoms with van der Waals surface area (Å²) < 4.78 is 16.8. The van der Waals surface area contributed by atoms with Crippen molar-refractivity contribution >= 4 is 39.6 Å². The Morgan fingerprint density at radius 1 is 1.10 bits per heavy atom. The Hall–Kier alpha value is -3.24. The number of alkyl halides is 1. The lowest BCUT2D eigenvalue weighted by atomic mass is 9.85. The summed E-state index contributed by atoms with van der Waals surface area (Å²) in [5, 5.41) is 9.36. The fourth-order valence-electron chi connectivity index (χ4n) is 5.65. The minimum absolute atomic E-state index is 0.0580. The van der Waals surface area contributed by atoms with Crippen LogP contribution in [0.2, 0.25) is 0 Å². The molecule has 1 N–H and O–H groups in total. The zero-order chi connectivity index (χ0) is 29.5. The number of nitrogens with zero attached hydrogens (tertiary/aromatic N) is 1. The molecule has 0 spiro atoms. The summed E-state index contributed by atoms with van der Waals surface area (Å²) >= 11 is 3.45. The predicted octanol–water partition coefficient (Wildman–Crippen LogP) is 4.87. The lowest BCUT2D eigenvalue weighted by Crippen LogP contribution is -2.44. The van der Waals surface area contributed by atoms with Crippen LogP contribution in [0.15, 0.2) is 30.3 Å². The third-order valence-electron chi connectivity index (χ3n) is 7.69. The number of likely N-dealkylation sites (tertiary alicyclic amines) is 1. The topological polar surface area (TPSA) is 119 Å². The van der Waals surface area contributed by atoms with Crippen LogP contribution < -0.4 is 4.74 Å². The number of fused-ring (bicyclic) bond motifs is 4. The van der Waals surface area contributed by atoms with Gasteiger partial charge >= 0.3 is 12.1 Å². The van der Waals surface area contributed by atoms with E-state index in [0.717, 1.165) is 35.1 Å². The normalized spacial score (nSPS) is 21.3. The van der Waals surface area contributed by atoms with Crippen LogP contribution in [0, 0.1) is 5.92 Å². The second-order valence-corrected chi connectivity index (χ2v) is 12.9. The zero-order valence-electron chi connectivity index (χ0n) is 23.4. The summed E-state index contributed by atoms with van der Waals surface area (Å²) in [6.07, 6.45) is 1.67. The molecule has 2 aliphatic heterocycles. The van der Waals surface area contributed by atoms with Crippen molar-refractivity contribution in [3.8, 4) is 16.9 Å². The van der Waals surface area contributed by atoms with Crippen LogP contribution >= 0.6 is 15.9 Å². The van der Waals surface area contributed by atoms with Crippen molar-refractivity contribution < 1.29 is 38.5 Å². The molecule has 3 aliphatic rings. The van der Waals surface area contributed by atoms with Crippen molar-refractivity contribution in [3.63, 3.8) is 0 Å². The number of Topliss-reactive ketones (excluding diaryl/α,β-unsaturated/α-hetero) is 2.